The molecule has 0 bridgehead atoms. The van der Waals surface area contributed by atoms with E-state index in [0.717, 1.165) is 58.1 Å². The SMILES string of the molecule is CCCCC(C)CCCCCc1ccc(Nc2ccc(-c3ccnc4c3ccn4CCOC)c3c2C(=O)NC3)nc1. The van der Waals surface area contributed by atoms with E-state index in [9.17, 15) is 4.79 Å². The maximum Gasteiger partial charge on any atom is 0.254 e. The molecule has 41 heavy (non-hydrogen) atoms. The summed E-state index contributed by atoms with van der Waals surface area (Å²) in [6.45, 7) is 6.51. The normalized spacial score (nSPS) is 13.4. The minimum atomic E-state index is -0.0621. The van der Waals surface area contributed by atoms with Gasteiger partial charge in [0.25, 0.3) is 5.91 Å². The van der Waals surface area contributed by atoms with Crippen LogP contribution < -0.4 is 10.6 Å². The molecular formula is C34H43N5O2. The van der Waals surface area contributed by atoms with Crippen molar-refractivity contribution < 1.29 is 9.53 Å². The number of anilines is 2. The van der Waals surface area contributed by atoms with Crippen LogP contribution in [0.25, 0.3) is 22.2 Å². The number of ether oxygens (including phenoxy) is 1. The van der Waals surface area contributed by atoms with E-state index in [0.29, 0.717) is 18.7 Å². The van der Waals surface area contributed by atoms with Gasteiger partial charge >= 0.3 is 0 Å². The number of benzene rings is 1. The maximum atomic E-state index is 13.0. The predicted molar refractivity (Wildman–Crippen MR) is 167 cm³/mol. The number of pyridine rings is 2. The lowest BCUT2D eigenvalue weighted by Crippen LogP contribution is -2.13. The van der Waals surface area contributed by atoms with Crippen LogP contribution in [0.2, 0.25) is 0 Å². The van der Waals surface area contributed by atoms with Crippen LogP contribution in [0, 0.1) is 5.92 Å². The van der Waals surface area contributed by atoms with Crippen LogP contribution in [0.5, 0.6) is 0 Å². The van der Waals surface area contributed by atoms with Gasteiger partial charge in [-0.05, 0) is 65.3 Å². The number of nitrogens with zero attached hydrogens (tertiary/aromatic N) is 3. The number of carbonyl (C=O) groups is 1. The van der Waals surface area contributed by atoms with Gasteiger partial charge in [-0.2, -0.15) is 0 Å². The molecule has 1 atom stereocenters. The van der Waals surface area contributed by atoms with Crippen molar-refractivity contribution in [2.75, 3.05) is 19.0 Å². The second-order valence-corrected chi connectivity index (χ2v) is 11.3. The lowest BCUT2D eigenvalue weighted by Gasteiger charge is -2.14. The molecule has 0 spiro atoms. The molecule has 1 aliphatic rings. The van der Waals surface area contributed by atoms with Crippen molar-refractivity contribution in [2.45, 2.75) is 78.3 Å². The molecule has 4 heterocycles. The Bertz CT molecular complexity index is 1460. The number of aromatic nitrogens is 3. The van der Waals surface area contributed by atoms with Crippen molar-refractivity contribution in [2.24, 2.45) is 5.92 Å². The second kappa shape index (κ2) is 13.8. The van der Waals surface area contributed by atoms with Crippen LogP contribution >= 0.6 is 0 Å². The average Bonchev–Trinajstić information content (AvgIpc) is 3.59. The highest BCUT2D eigenvalue weighted by atomic mass is 16.5. The Labute approximate surface area is 243 Å². The molecular weight excluding hydrogens is 510 g/mol. The molecule has 2 N–H and O–H groups in total. The Morgan fingerprint density at radius 2 is 1.90 bits per heavy atom. The predicted octanol–water partition coefficient (Wildman–Crippen LogP) is 7.66. The molecule has 5 rings (SSSR count). The molecule has 1 unspecified atom stereocenters. The topological polar surface area (TPSA) is 81.1 Å². The lowest BCUT2D eigenvalue weighted by atomic mass is 9.94. The van der Waals surface area contributed by atoms with E-state index in [1.54, 1.807) is 7.11 Å². The van der Waals surface area contributed by atoms with E-state index in [2.05, 4.69) is 57.2 Å². The monoisotopic (exact) mass is 553 g/mol. The van der Waals surface area contributed by atoms with E-state index in [4.69, 9.17) is 4.74 Å². The average molecular weight is 554 g/mol. The summed E-state index contributed by atoms with van der Waals surface area (Å²) in [6.07, 6.45) is 16.0. The summed E-state index contributed by atoms with van der Waals surface area (Å²) in [5, 5.41) is 7.50. The fourth-order valence-corrected chi connectivity index (χ4v) is 5.88. The molecule has 0 saturated carbocycles. The first-order valence-corrected chi connectivity index (χ1v) is 15.2. The van der Waals surface area contributed by atoms with E-state index in [-0.39, 0.29) is 5.91 Å². The van der Waals surface area contributed by atoms with Crippen LogP contribution in [0.15, 0.2) is 55.0 Å². The Hall–Kier alpha value is -3.71. The Kier molecular flexibility index (Phi) is 9.67. The summed E-state index contributed by atoms with van der Waals surface area (Å²) in [4.78, 5) is 22.3. The summed E-state index contributed by atoms with van der Waals surface area (Å²) in [5.41, 5.74) is 6.75. The number of aryl methyl sites for hydroxylation is 1. The van der Waals surface area contributed by atoms with Crippen molar-refractivity contribution in [1.82, 2.24) is 19.9 Å². The number of unbranched alkanes of at least 4 members (excludes halogenated alkanes) is 3. The zero-order valence-electron chi connectivity index (χ0n) is 24.7. The highest BCUT2D eigenvalue weighted by Gasteiger charge is 2.27. The van der Waals surface area contributed by atoms with Crippen LogP contribution in [0.3, 0.4) is 0 Å². The first-order chi connectivity index (χ1) is 20.1. The molecule has 0 fully saturated rings. The number of methoxy groups -OCH3 is 1. The van der Waals surface area contributed by atoms with Crippen LogP contribution in [0.1, 0.15) is 80.3 Å². The number of hydrogen-bond acceptors (Lipinski definition) is 5. The van der Waals surface area contributed by atoms with Crippen LogP contribution in [-0.4, -0.2) is 34.2 Å². The Morgan fingerprint density at radius 3 is 2.71 bits per heavy atom. The van der Waals surface area contributed by atoms with Crippen LogP contribution in [0.4, 0.5) is 11.5 Å². The van der Waals surface area contributed by atoms with Gasteiger partial charge in [0.1, 0.15) is 11.5 Å². The minimum Gasteiger partial charge on any atom is -0.383 e. The zero-order valence-corrected chi connectivity index (χ0v) is 24.7. The summed E-state index contributed by atoms with van der Waals surface area (Å²) in [7, 11) is 1.70. The molecule has 1 aliphatic heterocycles. The number of rotatable bonds is 15. The molecule has 1 aromatic carbocycles. The smallest absolute Gasteiger partial charge is 0.254 e. The standard InChI is InChI=1S/C34H43N5O2/c1-4-5-9-24(2)10-7-6-8-11-25-12-15-31(36-22-25)38-30-14-13-26(29-23-37-34(40)32(29)30)27-16-18-35-33-28(27)17-19-39(33)20-21-41-3/h12-19,22,24H,4-11,20-21,23H2,1-3H3,(H,36,38)(H,37,40). The third-order valence-electron chi connectivity index (χ3n) is 8.25. The van der Waals surface area contributed by atoms with Gasteiger partial charge in [0, 0.05) is 44.2 Å². The van der Waals surface area contributed by atoms with Gasteiger partial charge in [0.05, 0.1) is 17.9 Å². The van der Waals surface area contributed by atoms with Gasteiger partial charge in [-0.1, -0.05) is 64.5 Å². The molecule has 0 saturated heterocycles. The molecule has 0 aliphatic carbocycles. The fraction of sp³-hybridized carbons (Fsp3) is 0.441. The Balaban J connectivity index is 1.26. The van der Waals surface area contributed by atoms with Crippen molar-refractivity contribution in [1.29, 1.82) is 0 Å². The highest BCUT2D eigenvalue weighted by molar-refractivity contribution is 6.07. The van der Waals surface area contributed by atoms with Gasteiger partial charge in [-0.3, -0.25) is 4.79 Å². The van der Waals surface area contributed by atoms with E-state index in [1.807, 2.05) is 36.8 Å². The van der Waals surface area contributed by atoms with E-state index >= 15 is 0 Å². The minimum absolute atomic E-state index is 0.0621. The first-order valence-electron chi connectivity index (χ1n) is 15.2. The number of nitrogens with one attached hydrogen (secondary N) is 2. The second-order valence-electron chi connectivity index (χ2n) is 11.3. The summed E-state index contributed by atoms with van der Waals surface area (Å²) in [5.74, 6) is 1.53. The molecule has 7 nitrogen and oxygen atoms in total. The Morgan fingerprint density at radius 1 is 1.02 bits per heavy atom. The van der Waals surface area contributed by atoms with Gasteiger partial charge < -0.3 is 19.9 Å². The summed E-state index contributed by atoms with van der Waals surface area (Å²) < 4.78 is 7.36. The first kappa shape index (κ1) is 28.8. The van der Waals surface area contributed by atoms with Crippen LogP contribution in [-0.2, 0) is 24.2 Å². The third kappa shape index (κ3) is 6.79. The third-order valence-corrected chi connectivity index (χ3v) is 8.25. The fourth-order valence-electron chi connectivity index (χ4n) is 5.88. The number of carbonyl (C=O) groups excluding carboxylic acids is 1. The van der Waals surface area contributed by atoms with E-state index < -0.39 is 0 Å². The number of fused-ring (bicyclic) bond motifs is 2. The van der Waals surface area contributed by atoms with Crippen molar-refractivity contribution in [3.05, 3.63) is 71.7 Å². The lowest BCUT2D eigenvalue weighted by molar-refractivity contribution is 0.0966. The largest absolute Gasteiger partial charge is 0.383 e. The maximum absolute atomic E-state index is 13.0. The van der Waals surface area contributed by atoms with Crippen molar-refractivity contribution in [3.63, 3.8) is 0 Å². The number of amides is 1. The highest BCUT2D eigenvalue weighted by Crippen LogP contribution is 2.37. The van der Waals surface area contributed by atoms with Gasteiger partial charge in [0.2, 0.25) is 0 Å². The molecule has 3 aromatic heterocycles. The molecule has 0 radical (unpaired) electrons. The zero-order chi connectivity index (χ0) is 28.6. The van der Waals surface area contributed by atoms with Crippen molar-refractivity contribution >= 4 is 28.4 Å². The van der Waals surface area contributed by atoms with Gasteiger partial charge in [-0.15, -0.1) is 0 Å². The quantitative estimate of drug-likeness (QED) is 0.148. The molecule has 7 heteroatoms. The van der Waals surface area contributed by atoms with E-state index in [1.165, 1.54) is 50.5 Å². The van der Waals surface area contributed by atoms with Gasteiger partial charge in [-0.25, -0.2) is 9.97 Å². The summed E-state index contributed by atoms with van der Waals surface area (Å²) >= 11 is 0. The molecule has 216 valence electrons. The van der Waals surface area contributed by atoms with Crippen molar-refractivity contribution in [3.8, 4) is 11.1 Å². The number of hydrogen-bond donors (Lipinski definition) is 2. The molecule has 1 amide bonds. The van der Waals surface area contributed by atoms with Gasteiger partial charge in [0.15, 0.2) is 0 Å². The summed E-state index contributed by atoms with van der Waals surface area (Å²) in [6, 6.07) is 12.4. The molecule has 4 aromatic rings.